The molecule has 0 radical (unpaired) electrons. The number of hydrogen-bond acceptors (Lipinski definition) is 4. The number of esters is 1. The SMILES string of the molecule is Cc1ccccc1COC[C@@H](CC(=O)OC(C)(C)C)C(=O)O. The summed E-state index contributed by atoms with van der Waals surface area (Å²) in [6, 6.07) is 7.73. The van der Waals surface area contributed by atoms with E-state index in [-0.39, 0.29) is 13.0 Å². The molecular weight excluding hydrogens is 284 g/mol. The lowest BCUT2D eigenvalue weighted by Crippen LogP contribution is -2.29. The number of aliphatic carboxylic acids is 1. The highest BCUT2D eigenvalue weighted by Gasteiger charge is 2.25. The van der Waals surface area contributed by atoms with Crippen LogP contribution in [-0.4, -0.2) is 29.3 Å². The third kappa shape index (κ3) is 6.72. The van der Waals surface area contributed by atoms with E-state index < -0.39 is 23.5 Å². The summed E-state index contributed by atoms with van der Waals surface area (Å²) in [5.74, 6) is -2.49. The van der Waals surface area contributed by atoms with Crippen molar-refractivity contribution in [1.82, 2.24) is 0 Å². The minimum absolute atomic E-state index is 0.0249. The van der Waals surface area contributed by atoms with Crippen molar-refractivity contribution in [3.8, 4) is 0 Å². The minimum Gasteiger partial charge on any atom is -0.481 e. The summed E-state index contributed by atoms with van der Waals surface area (Å²) in [5, 5.41) is 9.18. The summed E-state index contributed by atoms with van der Waals surface area (Å²) in [4.78, 5) is 22.9. The van der Waals surface area contributed by atoms with Crippen LogP contribution in [-0.2, 0) is 25.7 Å². The van der Waals surface area contributed by atoms with Gasteiger partial charge in [-0.25, -0.2) is 0 Å². The topological polar surface area (TPSA) is 72.8 Å². The van der Waals surface area contributed by atoms with Crippen LogP contribution < -0.4 is 0 Å². The van der Waals surface area contributed by atoms with Gasteiger partial charge < -0.3 is 14.6 Å². The Morgan fingerprint density at radius 1 is 1.23 bits per heavy atom. The molecule has 0 saturated heterocycles. The highest BCUT2D eigenvalue weighted by Crippen LogP contribution is 2.14. The molecule has 0 aromatic heterocycles. The van der Waals surface area contributed by atoms with Crippen LogP contribution in [0.3, 0.4) is 0 Å². The van der Waals surface area contributed by atoms with E-state index in [4.69, 9.17) is 9.47 Å². The van der Waals surface area contributed by atoms with E-state index in [1.807, 2.05) is 31.2 Å². The molecule has 0 unspecified atom stereocenters. The van der Waals surface area contributed by atoms with Gasteiger partial charge in [0.1, 0.15) is 5.60 Å². The molecule has 0 aliphatic carbocycles. The minimum atomic E-state index is -1.06. The van der Waals surface area contributed by atoms with Gasteiger partial charge in [-0.2, -0.15) is 0 Å². The van der Waals surface area contributed by atoms with Crippen molar-refractivity contribution in [2.24, 2.45) is 5.92 Å². The van der Waals surface area contributed by atoms with Gasteiger partial charge >= 0.3 is 11.9 Å². The van der Waals surface area contributed by atoms with Gasteiger partial charge in [0.25, 0.3) is 0 Å². The predicted octanol–water partition coefficient (Wildman–Crippen LogP) is 2.94. The Hall–Kier alpha value is -1.88. The zero-order valence-electron chi connectivity index (χ0n) is 13.6. The first-order chi connectivity index (χ1) is 10.2. The summed E-state index contributed by atoms with van der Waals surface area (Å²) >= 11 is 0. The van der Waals surface area contributed by atoms with Crippen LogP contribution >= 0.6 is 0 Å². The first-order valence-corrected chi connectivity index (χ1v) is 7.26. The summed E-state index contributed by atoms with van der Waals surface area (Å²) in [7, 11) is 0. The number of benzene rings is 1. The number of ether oxygens (including phenoxy) is 2. The van der Waals surface area contributed by atoms with E-state index in [0.29, 0.717) is 6.61 Å². The number of carbonyl (C=O) groups excluding carboxylic acids is 1. The quantitative estimate of drug-likeness (QED) is 0.784. The van der Waals surface area contributed by atoms with Gasteiger partial charge in [0.15, 0.2) is 0 Å². The van der Waals surface area contributed by atoms with E-state index in [0.717, 1.165) is 11.1 Å². The Labute approximate surface area is 131 Å². The van der Waals surface area contributed by atoms with Crippen LogP contribution in [0, 0.1) is 12.8 Å². The average Bonchev–Trinajstić information content (AvgIpc) is 2.37. The van der Waals surface area contributed by atoms with E-state index in [9.17, 15) is 14.7 Å². The molecule has 1 atom stereocenters. The molecule has 0 bridgehead atoms. The van der Waals surface area contributed by atoms with Crippen molar-refractivity contribution in [3.05, 3.63) is 35.4 Å². The molecule has 5 heteroatoms. The fourth-order valence-corrected chi connectivity index (χ4v) is 1.89. The number of hydrogen-bond donors (Lipinski definition) is 1. The second-order valence-corrected chi connectivity index (χ2v) is 6.27. The Kier molecular flexibility index (Phi) is 6.56. The number of carboxylic acids is 1. The van der Waals surface area contributed by atoms with E-state index in [1.54, 1.807) is 20.8 Å². The maximum atomic E-state index is 11.7. The number of carboxylic acid groups (broad SMARTS) is 1. The van der Waals surface area contributed by atoms with Crippen LogP contribution in [0.25, 0.3) is 0 Å². The molecule has 0 aliphatic rings. The van der Waals surface area contributed by atoms with Crippen LogP contribution in [0.1, 0.15) is 38.3 Å². The largest absolute Gasteiger partial charge is 0.481 e. The summed E-state index contributed by atoms with van der Waals surface area (Å²) < 4.78 is 10.6. The molecule has 1 rings (SSSR count). The molecule has 0 amide bonds. The third-order valence-corrected chi connectivity index (χ3v) is 3.02. The molecule has 1 N–H and O–H groups in total. The lowest BCUT2D eigenvalue weighted by atomic mass is 10.1. The normalized spacial score (nSPS) is 12.7. The standard InChI is InChI=1S/C17H24O5/c1-12-7-5-6-8-13(12)10-21-11-14(16(19)20)9-15(18)22-17(2,3)4/h5-8,14H,9-11H2,1-4H3,(H,19,20)/t14-/m1/s1. The van der Waals surface area contributed by atoms with Crippen LogP contribution in [0.5, 0.6) is 0 Å². The van der Waals surface area contributed by atoms with Gasteiger partial charge in [0, 0.05) is 0 Å². The van der Waals surface area contributed by atoms with Crippen LogP contribution in [0.15, 0.2) is 24.3 Å². The number of rotatable bonds is 7. The zero-order valence-corrected chi connectivity index (χ0v) is 13.6. The van der Waals surface area contributed by atoms with Crippen molar-refractivity contribution in [3.63, 3.8) is 0 Å². The molecule has 0 saturated carbocycles. The summed E-state index contributed by atoms with van der Waals surface area (Å²) in [5.41, 5.74) is 1.47. The molecule has 0 fully saturated rings. The lowest BCUT2D eigenvalue weighted by molar-refractivity contribution is -0.161. The fourth-order valence-electron chi connectivity index (χ4n) is 1.89. The van der Waals surface area contributed by atoms with Gasteiger partial charge in [-0.3, -0.25) is 9.59 Å². The first-order valence-electron chi connectivity index (χ1n) is 7.26. The van der Waals surface area contributed by atoms with Gasteiger partial charge in [0.2, 0.25) is 0 Å². The van der Waals surface area contributed by atoms with Crippen molar-refractivity contribution in [2.45, 2.75) is 46.3 Å². The fraction of sp³-hybridized carbons (Fsp3) is 0.529. The summed E-state index contributed by atoms with van der Waals surface area (Å²) in [6.45, 7) is 7.50. The molecule has 22 heavy (non-hydrogen) atoms. The van der Waals surface area contributed by atoms with Gasteiger partial charge in [0.05, 0.1) is 25.6 Å². The molecule has 5 nitrogen and oxygen atoms in total. The Morgan fingerprint density at radius 2 is 1.86 bits per heavy atom. The Bertz CT molecular complexity index is 516. The Morgan fingerprint density at radius 3 is 2.41 bits per heavy atom. The average molecular weight is 308 g/mol. The van der Waals surface area contributed by atoms with Gasteiger partial charge in [-0.15, -0.1) is 0 Å². The monoisotopic (exact) mass is 308 g/mol. The molecule has 122 valence electrons. The number of aryl methyl sites for hydroxylation is 1. The lowest BCUT2D eigenvalue weighted by Gasteiger charge is -2.21. The van der Waals surface area contributed by atoms with E-state index >= 15 is 0 Å². The highest BCUT2D eigenvalue weighted by molar-refractivity contribution is 5.79. The summed E-state index contributed by atoms with van der Waals surface area (Å²) in [6.07, 6.45) is -0.194. The third-order valence-electron chi connectivity index (χ3n) is 3.02. The van der Waals surface area contributed by atoms with Crippen molar-refractivity contribution in [1.29, 1.82) is 0 Å². The zero-order chi connectivity index (χ0) is 16.8. The van der Waals surface area contributed by atoms with E-state index in [1.165, 1.54) is 0 Å². The number of carbonyl (C=O) groups is 2. The molecular formula is C17H24O5. The molecule has 0 heterocycles. The van der Waals surface area contributed by atoms with Gasteiger partial charge in [-0.05, 0) is 38.8 Å². The molecule has 1 aromatic rings. The van der Waals surface area contributed by atoms with Crippen molar-refractivity contribution < 1.29 is 24.2 Å². The van der Waals surface area contributed by atoms with Crippen molar-refractivity contribution >= 4 is 11.9 Å². The maximum Gasteiger partial charge on any atom is 0.309 e. The molecule has 0 aliphatic heterocycles. The molecule has 1 aromatic carbocycles. The van der Waals surface area contributed by atoms with Crippen LogP contribution in [0.2, 0.25) is 0 Å². The smallest absolute Gasteiger partial charge is 0.309 e. The second kappa shape index (κ2) is 7.94. The van der Waals surface area contributed by atoms with Crippen molar-refractivity contribution in [2.75, 3.05) is 6.61 Å². The van der Waals surface area contributed by atoms with Crippen LogP contribution in [0.4, 0.5) is 0 Å². The highest BCUT2D eigenvalue weighted by atomic mass is 16.6. The maximum absolute atomic E-state index is 11.7. The first kappa shape index (κ1) is 18.2. The molecule has 0 spiro atoms. The van der Waals surface area contributed by atoms with E-state index in [2.05, 4.69) is 0 Å². The van der Waals surface area contributed by atoms with Gasteiger partial charge in [-0.1, -0.05) is 24.3 Å². The predicted molar refractivity (Wildman–Crippen MR) is 82.4 cm³/mol. The Balaban J connectivity index is 2.50. The second-order valence-electron chi connectivity index (χ2n) is 6.27.